The highest BCUT2D eigenvalue weighted by Gasteiger charge is 2.29. The molecular weight excluding hydrogens is 396 g/mol. The highest BCUT2D eigenvalue weighted by atomic mass is 79.9. The molecule has 0 aliphatic heterocycles. The Labute approximate surface area is 158 Å². The Kier molecular flexibility index (Phi) is 4.34. The third kappa shape index (κ3) is 3.04. The van der Waals surface area contributed by atoms with Crippen molar-refractivity contribution in [2.45, 2.75) is 5.92 Å². The predicted molar refractivity (Wildman–Crippen MR) is 102 cm³/mol. The summed E-state index contributed by atoms with van der Waals surface area (Å²) >= 11 is 3.20. The second-order valence-electron chi connectivity index (χ2n) is 5.97. The fourth-order valence-corrected chi connectivity index (χ4v) is 3.58. The lowest BCUT2D eigenvalue weighted by Crippen LogP contribution is -2.18. The highest BCUT2D eigenvalue weighted by molar-refractivity contribution is 9.10. The SMILES string of the molecule is O=C(Nc1ncc(Br)cc1O)OCC1c2ccccc2-c2ccccc21. The number of carbonyl (C=O) groups excluding carboxylic acids is 1. The summed E-state index contributed by atoms with van der Waals surface area (Å²) in [6.07, 6.45) is 0.829. The maximum atomic E-state index is 12.1. The minimum Gasteiger partial charge on any atom is -0.504 e. The molecule has 2 aromatic carbocycles. The van der Waals surface area contributed by atoms with Gasteiger partial charge in [-0.05, 0) is 44.3 Å². The average molecular weight is 411 g/mol. The van der Waals surface area contributed by atoms with Crippen LogP contribution in [0.2, 0.25) is 0 Å². The van der Waals surface area contributed by atoms with Gasteiger partial charge in [-0.3, -0.25) is 5.32 Å². The summed E-state index contributed by atoms with van der Waals surface area (Å²) in [6, 6.07) is 17.7. The molecule has 0 fully saturated rings. The van der Waals surface area contributed by atoms with Crippen LogP contribution < -0.4 is 5.32 Å². The highest BCUT2D eigenvalue weighted by Crippen LogP contribution is 2.44. The van der Waals surface area contributed by atoms with E-state index in [0.29, 0.717) is 4.47 Å². The molecule has 0 saturated heterocycles. The number of benzene rings is 2. The van der Waals surface area contributed by atoms with Crippen LogP contribution in [0.1, 0.15) is 17.0 Å². The predicted octanol–water partition coefficient (Wildman–Crippen LogP) is 4.91. The summed E-state index contributed by atoms with van der Waals surface area (Å²) in [7, 11) is 0. The first kappa shape index (κ1) is 16.6. The van der Waals surface area contributed by atoms with Crippen molar-refractivity contribution in [3.8, 4) is 16.9 Å². The number of rotatable bonds is 3. The van der Waals surface area contributed by atoms with Gasteiger partial charge in [0.25, 0.3) is 0 Å². The van der Waals surface area contributed by atoms with E-state index in [1.54, 1.807) is 0 Å². The number of aromatic nitrogens is 1. The topological polar surface area (TPSA) is 71.5 Å². The van der Waals surface area contributed by atoms with E-state index in [1.165, 1.54) is 23.4 Å². The standard InChI is InChI=1S/C20H15BrN2O3/c21-12-9-18(24)19(22-10-12)23-20(25)26-11-17-15-7-3-1-5-13(15)14-6-2-4-8-16(14)17/h1-10,17,24H,11H2,(H,22,23,25). The van der Waals surface area contributed by atoms with E-state index in [-0.39, 0.29) is 24.1 Å². The Balaban J connectivity index is 1.50. The number of hydrogen-bond donors (Lipinski definition) is 2. The second kappa shape index (κ2) is 6.80. The molecule has 6 heteroatoms. The third-order valence-electron chi connectivity index (χ3n) is 4.40. The number of pyridine rings is 1. The Hall–Kier alpha value is -2.86. The molecule has 0 unspecified atom stereocenters. The van der Waals surface area contributed by atoms with Crippen LogP contribution in [0.15, 0.2) is 65.3 Å². The number of fused-ring (bicyclic) bond motifs is 3. The molecule has 1 aliphatic carbocycles. The number of anilines is 1. The van der Waals surface area contributed by atoms with E-state index in [4.69, 9.17) is 4.74 Å². The number of amides is 1. The molecule has 1 amide bonds. The number of carbonyl (C=O) groups is 1. The summed E-state index contributed by atoms with van der Waals surface area (Å²) in [6.45, 7) is 0.206. The molecule has 3 aromatic rings. The number of halogens is 1. The summed E-state index contributed by atoms with van der Waals surface area (Å²) in [5.41, 5.74) is 4.63. The van der Waals surface area contributed by atoms with Gasteiger partial charge in [0.2, 0.25) is 0 Å². The molecule has 0 saturated carbocycles. The van der Waals surface area contributed by atoms with Crippen LogP contribution in [0.4, 0.5) is 10.6 Å². The lowest BCUT2D eigenvalue weighted by molar-refractivity contribution is 0.158. The number of ether oxygens (including phenoxy) is 1. The third-order valence-corrected chi connectivity index (χ3v) is 4.83. The van der Waals surface area contributed by atoms with Gasteiger partial charge < -0.3 is 9.84 Å². The van der Waals surface area contributed by atoms with Crippen molar-refractivity contribution in [1.82, 2.24) is 4.98 Å². The monoisotopic (exact) mass is 410 g/mol. The van der Waals surface area contributed by atoms with Gasteiger partial charge in [0.15, 0.2) is 11.6 Å². The maximum absolute atomic E-state index is 12.1. The Bertz CT molecular complexity index is 945. The van der Waals surface area contributed by atoms with Crippen LogP contribution in [0.3, 0.4) is 0 Å². The van der Waals surface area contributed by atoms with E-state index in [1.807, 2.05) is 24.3 Å². The lowest BCUT2D eigenvalue weighted by Gasteiger charge is -2.14. The zero-order valence-electron chi connectivity index (χ0n) is 13.6. The Morgan fingerprint density at radius 3 is 2.35 bits per heavy atom. The van der Waals surface area contributed by atoms with Gasteiger partial charge in [-0.15, -0.1) is 0 Å². The second-order valence-corrected chi connectivity index (χ2v) is 6.89. The van der Waals surface area contributed by atoms with Gasteiger partial charge >= 0.3 is 6.09 Å². The summed E-state index contributed by atoms with van der Waals surface area (Å²) in [5.74, 6) is -0.0853. The van der Waals surface area contributed by atoms with Crippen molar-refractivity contribution in [2.24, 2.45) is 0 Å². The first-order valence-corrected chi connectivity index (χ1v) is 8.89. The lowest BCUT2D eigenvalue weighted by atomic mass is 9.98. The molecule has 0 bridgehead atoms. The zero-order chi connectivity index (χ0) is 18.1. The summed E-state index contributed by atoms with van der Waals surface area (Å²) in [5, 5.41) is 12.3. The van der Waals surface area contributed by atoms with Gasteiger partial charge in [-0.1, -0.05) is 48.5 Å². The van der Waals surface area contributed by atoms with Crippen molar-refractivity contribution in [3.05, 3.63) is 76.4 Å². The Morgan fingerprint density at radius 1 is 1.12 bits per heavy atom. The van der Waals surface area contributed by atoms with Crippen molar-refractivity contribution < 1.29 is 14.6 Å². The largest absolute Gasteiger partial charge is 0.504 e. The summed E-state index contributed by atoms with van der Waals surface area (Å²) < 4.78 is 6.03. The fourth-order valence-electron chi connectivity index (χ4n) is 3.26. The van der Waals surface area contributed by atoms with E-state index in [0.717, 1.165) is 11.1 Å². The average Bonchev–Trinajstić information content (AvgIpc) is 2.96. The van der Waals surface area contributed by atoms with Crippen LogP contribution in [0, 0.1) is 0 Å². The number of nitrogens with one attached hydrogen (secondary N) is 1. The van der Waals surface area contributed by atoms with Crippen molar-refractivity contribution >= 4 is 27.8 Å². The van der Waals surface area contributed by atoms with E-state index in [9.17, 15) is 9.90 Å². The molecule has 1 heterocycles. The molecule has 2 N–H and O–H groups in total. The van der Waals surface area contributed by atoms with E-state index >= 15 is 0 Å². The number of nitrogens with zero attached hydrogens (tertiary/aromatic N) is 1. The van der Waals surface area contributed by atoms with Crippen molar-refractivity contribution in [2.75, 3.05) is 11.9 Å². The Morgan fingerprint density at radius 2 is 1.73 bits per heavy atom. The zero-order valence-corrected chi connectivity index (χ0v) is 15.2. The smallest absolute Gasteiger partial charge is 0.412 e. The molecule has 1 aromatic heterocycles. The van der Waals surface area contributed by atoms with Gasteiger partial charge in [-0.2, -0.15) is 0 Å². The molecular formula is C20H15BrN2O3. The van der Waals surface area contributed by atoms with Crippen LogP contribution >= 0.6 is 15.9 Å². The van der Waals surface area contributed by atoms with Gasteiger partial charge in [0.1, 0.15) is 6.61 Å². The van der Waals surface area contributed by atoms with Crippen LogP contribution in [0.5, 0.6) is 5.75 Å². The minimum atomic E-state index is -0.656. The molecule has 26 heavy (non-hydrogen) atoms. The molecule has 5 nitrogen and oxygen atoms in total. The normalized spacial score (nSPS) is 12.3. The molecule has 4 rings (SSSR count). The number of aromatic hydroxyl groups is 1. The minimum absolute atomic E-state index is 0.0142. The van der Waals surface area contributed by atoms with Crippen LogP contribution in [-0.2, 0) is 4.74 Å². The van der Waals surface area contributed by atoms with Gasteiger partial charge in [0.05, 0.1) is 0 Å². The quantitative estimate of drug-likeness (QED) is 0.643. The molecule has 130 valence electrons. The van der Waals surface area contributed by atoms with E-state index < -0.39 is 6.09 Å². The first-order chi connectivity index (χ1) is 12.6. The molecule has 0 radical (unpaired) electrons. The molecule has 0 spiro atoms. The van der Waals surface area contributed by atoms with E-state index in [2.05, 4.69) is 50.5 Å². The van der Waals surface area contributed by atoms with Crippen molar-refractivity contribution in [1.29, 1.82) is 0 Å². The van der Waals surface area contributed by atoms with Crippen LogP contribution in [-0.4, -0.2) is 22.8 Å². The molecule has 1 aliphatic rings. The molecule has 0 atom stereocenters. The van der Waals surface area contributed by atoms with Gasteiger partial charge in [-0.25, -0.2) is 9.78 Å². The summed E-state index contributed by atoms with van der Waals surface area (Å²) in [4.78, 5) is 16.1. The maximum Gasteiger partial charge on any atom is 0.412 e. The first-order valence-electron chi connectivity index (χ1n) is 8.10. The number of hydrogen-bond acceptors (Lipinski definition) is 4. The fraction of sp³-hybridized carbons (Fsp3) is 0.100. The van der Waals surface area contributed by atoms with Crippen LogP contribution in [0.25, 0.3) is 11.1 Å². The van der Waals surface area contributed by atoms with Crippen molar-refractivity contribution in [3.63, 3.8) is 0 Å². The van der Waals surface area contributed by atoms with Gasteiger partial charge in [0, 0.05) is 16.6 Å².